The SMILES string of the molecule is Cc1ccc([C@H](CNS(=O)(=O)c2ccc3c(c2)OCCO3)N(C)C)cc1. The molecule has 2 aromatic rings. The van der Waals surface area contributed by atoms with Gasteiger partial charge >= 0.3 is 0 Å². The van der Waals surface area contributed by atoms with Crippen molar-refractivity contribution in [2.45, 2.75) is 17.9 Å². The van der Waals surface area contributed by atoms with Crippen LogP contribution in [0.1, 0.15) is 17.2 Å². The van der Waals surface area contributed by atoms with Gasteiger partial charge in [-0.15, -0.1) is 0 Å². The van der Waals surface area contributed by atoms with E-state index in [9.17, 15) is 8.42 Å². The second-order valence-corrected chi connectivity index (χ2v) is 8.31. The van der Waals surface area contributed by atoms with Crippen molar-refractivity contribution in [3.8, 4) is 11.5 Å². The highest BCUT2D eigenvalue weighted by Gasteiger charge is 2.22. The van der Waals surface area contributed by atoms with Crippen LogP contribution in [-0.2, 0) is 10.0 Å². The fourth-order valence-corrected chi connectivity index (χ4v) is 3.90. The summed E-state index contributed by atoms with van der Waals surface area (Å²) >= 11 is 0. The first-order valence-electron chi connectivity index (χ1n) is 8.49. The molecule has 7 heteroatoms. The van der Waals surface area contributed by atoms with E-state index in [0.29, 0.717) is 24.7 Å². The Morgan fingerprint density at radius 3 is 2.35 bits per heavy atom. The Bertz CT molecular complexity index is 864. The second kappa shape index (κ2) is 7.65. The first-order valence-corrected chi connectivity index (χ1v) is 9.97. The quantitative estimate of drug-likeness (QED) is 0.838. The van der Waals surface area contributed by atoms with Gasteiger partial charge in [0.15, 0.2) is 11.5 Å². The molecule has 1 aliphatic rings. The predicted molar refractivity (Wildman–Crippen MR) is 100 cm³/mol. The molecule has 1 heterocycles. The summed E-state index contributed by atoms with van der Waals surface area (Å²) in [4.78, 5) is 2.17. The Balaban J connectivity index is 1.77. The molecule has 0 bridgehead atoms. The van der Waals surface area contributed by atoms with Crippen LogP contribution in [0.2, 0.25) is 0 Å². The second-order valence-electron chi connectivity index (χ2n) is 6.55. The molecule has 0 aliphatic carbocycles. The zero-order valence-electron chi connectivity index (χ0n) is 15.2. The van der Waals surface area contributed by atoms with E-state index >= 15 is 0 Å². The van der Waals surface area contributed by atoms with Gasteiger partial charge < -0.3 is 14.4 Å². The third-order valence-electron chi connectivity index (χ3n) is 4.38. The summed E-state index contributed by atoms with van der Waals surface area (Å²) < 4.78 is 39.0. The minimum atomic E-state index is -3.65. The number of hydrogen-bond donors (Lipinski definition) is 1. The average Bonchev–Trinajstić information content (AvgIpc) is 2.62. The van der Waals surface area contributed by atoms with Gasteiger partial charge in [0.2, 0.25) is 10.0 Å². The lowest BCUT2D eigenvalue weighted by Gasteiger charge is -2.25. The zero-order chi connectivity index (χ0) is 18.7. The lowest BCUT2D eigenvalue weighted by atomic mass is 10.0. The molecule has 0 unspecified atom stereocenters. The largest absolute Gasteiger partial charge is 0.486 e. The van der Waals surface area contributed by atoms with E-state index in [4.69, 9.17) is 9.47 Å². The van der Waals surface area contributed by atoms with Gasteiger partial charge in [0.25, 0.3) is 0 Å². The minimum Gasteiger partial charge on any atom is -0.486 e. The van der Waals surface area contributed by atoms with E-state index in [0.717, 1.165) is 5.56 Å². The number of fused-ring (bicyclic) bond motifs is 1. The van der Waals surface area contributed by atoms with Crippen LogP contribution < -0.4 is 14.2 Å². The molecule has 0 radical (unpaired) electrons. The molecule has 2 aromatic carbocycles. The van der Waals surface area contributed by atoms with Crippen LogP contribution in [0.15, 0.2) is 47.4 Å². The van der Waals surface area contributed by atoms with Crippen molar-refractivity contribution in [2.75, 3.05) is 33.9 Å². The maximum Gasteiger partial charge on any atom is 0.240 e. The standard InChI is InChI=1S/C19H24N2O4S/c1-14-4-6-15(7-5-14)17(21(2)3)13-20-26(22,23)16-8-9-18-19(12-16)25-11-10-24-18/h4-9,12,17,20H,10-11,13H2,1-3H3/t17-/m0/s1. The number of sulfonamides is 1. The van der Waals surface area contributed by atoms with E-state index < -0.39 is 10.0 Å². The molecule has 3 rings (SSSR count). The number of rotatable bonds is 6. The lowest BCUT2D eigenvalue weighted by Crippen LogP contribution is -2.34. The fourth-order valence-electron chi connectivity index (χ4n) is 2.85. The van der Waals surface area contributed by atoms with Crippen LogP contribution in [0.3, 0.4) is 0 Å². The topological polar surface area (TPSA) is 67.9 Å². The summed E-state index contributed by atoms with van der Waals surface area (Å²) in [5.41, 5.74) is 2.23. The molecule has 0 saturated heterocycles. The minimum absolute atomic E-state index is 0.0671. The molecule has 1 atom stereocenters. The lowest BCUT2D eigenvalue weighted by molar-refractivity contribution is 0.171. The van der Waals surface area contributed by atoms with Crippen molar-refractivity contribution in [3.05, 3.63) is 53.6 Å². The maximum absolute atomic E-state index is 12.7. The van der Waals surface area contributed by atoms with E-state index in [1.54, 1.807) is 6.07 Å². The summed E-state index contributed by atoms with van der Waals surface area (Å²) in [6.07, 6.45) is 0. The number of nitrogens with one attached hydrogen (secondary N) is 1. The van der Waals surface area contributed by atoms with Crippen LogP contribution in [0.25, 0.3) is 0 Å². The first-order chi connectivity index (χ1) is 12.4. The number of ether oxygens (including phenoxy) is 2. The van der Waals surface area contributed by atoms with Crippen LogP contribution in [-0.4, -0.2) is 47.2 Å². The Morgan fingerprint density at radius 2 is 1.69 bits per heavy atom. The van der Waals surface area contributed by atoms with Gasteiger partial charge in [-0.1, -0.05) is 29.8 Å². The molecule has 0 spiro atoms. The number of hydrogen-bond acceptors (Lipinski definition) is 5. The number of likely N-dealkylation sites (N-methyl/N-ethyl adjacent to an activating group) is 1. The summed E-state index contributed by atoms with van der Waals surface area (Å²) in [5.74, 6) is 1.03. The third-order valence-corrected chi connectivity index (χ3v) is 5.80. The molecule has 0 amide bonds. The number of benzene rings is 2. The van der Waals surface area contributed by atoms with E-state index in [2.05, 4.69) is 4.72 Å². The molecule has 6 nitrogen and oxygen atoms in total. The Kier molecular flexibility index (Phi) is 5.50. The van der Waals surface area contributed by atoms with Crippen molar-refractivity contribution in [3.63, 3.8) is 0 Å². The van der Waals surface area contributed by atoms with Crippen LogP contribution in [0.5, 0.6) is 11.5 Å². The monoisotopic (exact) mass is 376 g/mol. The van der Waals surface area contributed by atoms with Gasteiger partial charge in [0, 0.05) is 18.7 Å². The van der Waals surface area contributed by atoms with Gasteiger partial charge in [0.05, 0.1) is 4.90 Å². The predicted octanol–water partition coefficient (Wildman–Crippen LogP) is 2.35. The third kappa shape index (κ3) is 4.17. The molecule has 1 N–H and O–H groups in total. The van der Waals surface area contributed by atoms with Crippen LogP contribution in [0.4, 0.5) is 0 Å². The van der Waals surface area contributed by atoms with Crippen molar-refractivity contribution < 1.29 is 17.9 Å². The van der Waals surface area contributed by atoms with Gasteiger partial charge in [0.1, 0.15) is 13.2 Å². The molecular weight excluding hydrogens is 352 g/mol. The summed E-state index contributed by atoms with van der Waals surface area (Å²) in [7, 11) is 0.216. The summed E-state index contributed by atoms with van der Waals surface area (Å²) in [5, 5.41) is 0. The van der Waals surface area contributed by atoms with Gasteiger partial charge in [-0.05, 0) is 38.7 Å². The molecule has 0 aromatic heterocycles. The molecule has 26 heavy (non-hydrogen) atoms. The van der Waals surface area contributed by atoms with E-state index in [1.165, 1.54) is 17.7 Å². The van der Waals surface area contributed by atoms with E-state index in [-0.39, 0.29) is 17.5 Å². The van der Waals surface area contributed by atoms with Crippen molar-refractivity contribution in [1.82, 2.24) is 9.62 Å². The fraction of sp³-hybridized carbons (Fsp3) is 0.368. The van der Waals surface area contributed by atoms with Crippen molar-refractivity contribution >= 4 is 10.0 Å². The molecule has 0 fully saturated rings. The normalized spacial score (nSPS) is 15.1. The summed E-state index contributed by atoms with van der Waals surface area (Å²) in [6.45, 7) is 3.18. The van der Waals surface area contributed by atoms with Crippen LogP contribution in [0, 0.1) is 6.92 Å². The van der Waals surface area contributed by atoms with Gasteiger partial charge in [-0.2, -0.15) is 0 Å². The highest BCUT2D eigenvalue weighted by Crippen LogP contribution is 2.32. The molecule has 140 valence electrons. The Morgan fingerprint density at radius 1 is 1.04 bits per heavy atom. The van der Waals surface area contributed by atoms with E-state index in [1.807, 2.05) is 50.2 Å². The summed E-state index contributed by atoms with van der Waals surface area (Å²) in [6, 6.07) is 12.7. The Labute approximate surface area is 154 Å². The van der Waals surface area contributed by atoms with Crippen molar-refractivity contribution in [1.29, 1.82) is 0 Å². The highest BCUT2D eigenvalue weighted by molar-refractivity contribution is 7.89. The first kappa shape index (κ1) is 18.7. The van der Waals surface area contributed by atoms with Crippen molar-refractivity contribution in [2.24, 2.45) is 0 Å². The molecular formula is C19H24N2O4S. The number of nitrogens with zero attached hydrogens (tertiary/aromatic N) is 1. The Hall–Kier alpha value is -2.09. The maximum atomic E-state index is 12.7. The average molecular weight is 376 g/mol. The molecule has 0 saturated carbocycles. The van der Waals surface area contributed by atoms with Gasteiger partial charge in [-0.25, -0.2) is 13.1 Å². The molecule has 1 aliphatic heterocycles. The zero-order valence-corrected chi connectivity index (χ0v) is 16.0. The highest BCUT2D eigenvalue weighted by atomic mass is 32.2. The van der Waals surface area contributed by atoms with Gasteiger partial charge in [-0.3, -0.25) is 0 Å². The smallest absolute Gasteiger partial charge is 0.240 e. The number of aryl methyl sites for hydroxylation is 1. The van der Waals surface area contributed by atoms with Crippen LogP contribution >= 0.6 is 0 Å².